The Labute approximate surface area is 146 Å². The van der Waals surface area contributed by atoms with Gasteiger partial charge in [0.25, 0.3) is 5.19 Å². The fourth-order valence-electron chi connectivity index (χ4n) is 3.54. The monoisotopic (exact) mass is 344 g/mol. The molecule has 1 aromatic carbocycles. The number of aromatic nitrogens is 1. The molecule has 0 atom stereocenters. The van der Waals surface area contributed by atoms with Crippen molar-refractivity contribution in [3.8, 4) is 5.19 Å². The average molecular weight is 344 g/mol. The van der Waals surface area contributed by atoms with Gasteiger partial charge in [-0.05, 0) is 37.8 Å². The van der Waals surface area contributed by atoms with Crippen molar-refractivity contribution in [2.75, 3.05) is 13.1 Å². The van der Waals surface area contributed by atoms with Crippen LogP contribution in [-0.4, -0.2) is 35.0 Å². The molecule has 1 aromatic heterocycles. The molecule has 1 saturated heterocycles. The number of hydrogen-bond donors (Lipinski definition) is 0. The van der Waals surface area contributed by atoms with Gasteiger partial charge in [-0.3, -0.25) is 4.79 Å². The molecule has 24 heavy (non-hydrogen) atoms. The molecule has 2 aliphatic rings. The van der Waals surface area contributed by atoms with Crippen LogP contribution in [0, 0.1) is 19.8 Å². The summed E-state index contributed by atoms with van der Waals surface area (Å²) >= 11 is 1.64. The topological polar surface area (TPSA) is 42.4 Å². The van der Waals surface area contributed by atoms with E-state index in [-0.39, 0.29) is 6.10 Å². The number of likely N-dealkylation sites (tertiary alicyclic amines) is 1. The molecule has 4 rings (SSSR count). The number of aryl methyl sites for hydroxylation is 2. The molecule has 4 nitrogen and oxygen atoms in total. The fourth-order valence-corrected chi connectivity index (χ4v) is 4.57. The average Bonchev–Trinajstić information content (AvgIpc) is 2.95. The minimum absolute atomic E-state index is 0.177. The Balaban J connectivity index is 1.39. The lowest BCUT2D eigenvalue weighted by Crippen LogP contribution is -2.45. The fraction of sp³-hybridized carbons (Fsp3) is 0.579. The minimum Gasteiger partial charge on any atom is -0.467 e. The number of amides is 1. The Bertz CT molecular complexity index is 719. The van der Waals surface area contributed by atoms with Crippen LogP contribution in [0.5, 0.6) is 5.19 Å². The largest absolute Gasteiger partial charge is 0.467 e. The van der Waals surface area contributed by atoms with Gasteiger partial charge in [0.15, 0.2) is 0 Å². The number of piperidine rings is 1. The molecule has 128 valence electrons. The predicted octanol–water partition coefficient (Wildman–Crippen LogP) is 4.08. The zero-order valence-electron chi connectivity index (χ0n) is 14.4. The number of rotatable bonds is 3. The first-order valence-electron chi connectivity index (χ1n) is 8.94. The van der Waals surface area contributed by atoms with E-state index in [2.05, 4.69) is 31.0 Å². The van der Waals surface area contributed by atoms with Crippen molar-refractivity contribution in [1.82, 2.24) is 9.88 Å². The molecule has 2 fully saturated rings. The molecule has 0 bridgehead atoms. The second-order valence-electron chi connectivity index (χ2n) is 7.13. The molecular weight excluding hydrogens is 320 g/mol. The van der Waals surface area contributed by atoms with Gasteiger partial charge < -0.3 is 9.64 Å². The summed E-state index contributed by atoms with van der Waals surface area (Å²) in [4.78, 5) is 19.0. The SMILES string of the molecule is Cc1ccc(C)c2sc(OC3CCN(C(=O)C4CCC4)CC3)nc12. The quantitative estimate of drug-likeness (QED) is 0.842. The normalized spacial score (nSPS) is 19.5. The van der Waals surface area contributed by atoms with E-state index in [1.807, 2.05) is 4.90 Å². The van der Waals surface area contributed by atoms with E-state index >= 15 is 0 Å². The van der Waals surface area contributed by atoms with Gasteiger partial charge in [-0.15, -0.1) is 0 Å². The van der Waals surface area contributed by atoms with Crippen LogP contribution < -0.4 is 4.74 Å². The van der Waals surface area contributed by atoms with Crippen LogP contribution >= 0.6 is 11.3 Å². The Hall–Kier alpha value is -1.62. The number of carbonyl (C=O) groups is 1. The van der Waals surface area contributed by atoms with Gasteiger partial charge in [0, 0.05) is 31.8 Å². The summed E-state index contributed by atoms with van der Waals surface area (Å²) in [6.45, 7) is 5.86. The van der Waals surface area contributed by atoms with E-state index in [1.165, 1.54) is 22.2 Å². The van der Waals surface area contributed by atoms with Crippen LogP contribution in [0.15, 0.2) is 12.1 Å². The molecule has 2 heterocycles. The summed E-state index contributed by atoms with van der Waals surface area (Å²) in [5.74, 6) is 0.670. The van der Waals surface area contributed by atoms with Crippen LogP contribution in [0.3, 0.4) is 0 Å². The molecule has 0 unspecified atom stereocenters. The number of hydrogen-bond acceptors (Lipinski definition) is 4. The Morgan fingerprint density at radius 3 is 2.50 bits per heavy atom. The van der Waals surface area contributed by atoms with Crippen LogP contribution in [-0.2, 0) is 4.79 Å². The molecule has 0 spiro atoms. The zero-order chi connectivity index (χ0) is 16.7. The summed E-state index contributed by atoms with van der Waals surface area (Å²) in [6.07, 6.45) is 5.38. The predicted molar refractivity (Wildman–Crippen MR) is 96.7 cm³/mol. The molecule has 1 aliphatic carbocycles. The molecule has 1 aliphatic heterocycles. The van der Waals surface area contributed by atoms with Crippen molar-refractivity contribution in [3.05, 3.63) is 23.3 Å². The lowest BCUT2D eigenvalue weighted by molar-refractivity contribution is -0.140. The molecule has 1 saturated carbocycles. The molecule has 0 N–H and O–H groups in total. The maximum Gasteiger partial charge on any atom is 0.274 e. The minimum atomic E-state index is 0.177. The third-order valence-electron chi connectivity index (χ3n) is 5.40. The molecular formula is C19H24N2O2S. The van der Waals surface area contributed by atoms with Crippen molar-refractivity contribution < 1.29 is 9.53 Å². The van der Waals surface area contributed by atoms with Crippen LogP contribution in [0.1, 0.15) is 43.2 Å². The second kappa shape index (κ2) is 6.36. The van der Waals surface area contributed by atoms with E-state index in [0.29, 0.717) is 11.8 Å². The summed E-state index contributed by atoms with van der Waals surface area (Å²) < 4.78 is 7.37. The van der Waals surface area contributed by atoms with Crippen LogP contribution in [0.4, 0.5) is 0 Å². The highest BCUT2D eigenvalue weighted by atomic mass is 32.1. The van der Waals surface area contributed by atoms with Crippen molar-refractivity contribution in [1.29, 1.82) is 0 Å². The summed E-state index contributed by atoms with van der Waals surface area (Å²) in [6, 6.07) is 4.26. The van der Waals surface area contributed by atoms with Gasteiger partial charge in [-0.25, -0.2) is 4.98 Å². The number of carbonyl (C=O) groups excluding carboxylic acids is 1. The van der Waals surface area contributed by atoms with Gasteiger partial charge in [-0.1, -0.05) is 29.9 Å². The second-order valence-corrected chi connectivity index (χ2v) is 8.09. The maximum absolute atomic E-state index is 12.3. The lowest BCUT2D eigenvalue weighted by Gasteiger charge is -2.36. The molecule has 1 amide bonds. The third-order valence-corrected chi connectivity index (χ3v) is 6.48. The first-order valence-corrected chi connectivity index (χ1v) is 9.75. The number of thiazole rings is 1. The van der Waals surface area contributed by atoms with E-state index in [4.69, 9.17) is 4.74 Å². The molecule has 0 radical (unpaired) electrons. The third kappa shape index (κ3) is 2.90. The van der Waals surface area contributed by atoms with Gasteiger partial charge in [0.1, 0.15) is 6.10 Å². The summed E-state index contributed by atoms with van der Waals surface area (Å²) in [5.41, 5.74) is 3.51. The van der Waals surface area contributed by atoms with Gasteiger partial charge >= 0.3 is 0 Å². The summed E-state index contributed by atoms with van der Waals surface area (Å²) in [5, 5.41) is 0.770. The maximum atomic E-state index is 12.3. The Morgan fingerprint density at radius 1 is 1.17 bits per heavy atom. The first kappa shape index (κ1) is 15.9. The van der Waals surface area contributed by atoms with E-state index in [1.54, 1.807) is 11.3 Å². The van der Waals surface area contributed by atoms with Crippen molar-refractivity contribution in [2.45, 2.75) is 52.1 Å². The Morgan fingerprint density at radius 2 is 1.88 bits per heavy atom. The lowest BCUT2D eigenvalue weighted by atomic mass is 9.84. The number of benzene rings is 1. The van der Waals surface area contributed by atoms with E-state index in [9.17, 15) is 4.79 Å². The van der Waals surface area contributed by atoms with Gasteiger partial charge in [0.2, 0.25) is 5.91 Å². The van der Waals surface area contributed by atoms with Crippen molar-refractivity contribution >= 4 is 27.5 Å². The smallest absolute Gasteiger partial charge is 0.274 e. The van der Waals surface area contributed by atoms with Crippen molar-refractivity contribution in [3.63, 3.8) is 0 Å². The molecule has 5 heteroatoms. The summed E-state index contributed by atoms with van der Waals surface area (Å²) in [7, 11) is 0. The van der Waals surface area contributed by atoms with E-state index in [0.717, 1.165) is 49.5 Å². The number of nitrogens with zero attached hydrogens (tertiary/aromatic N) is 2. The van der Waals surface area contributed by atoms with Crippen LogP contribution in [0.25, 0.3) is 10.2 Å². The molecule has 2 aromatic rings. The Kier molecular flexibility index (Phi) is 4.21. The first-order chi connectivity index (χ1) is 11.6. The van der Waals surface area contributed by atoms with Crippen LogP contribution in [0.2, 0.25) is 0 Å². The number of fused-ring (bicyclic) bond motifs is 1. The van der Waals surface area contributed by atoms with Gasteiger partial charge in [-0.2, -0.15) is 0 Å². The highest BCUT2D eigenvalue weighted by Crippen LogP contribution is 2.34. The van der Waals surface area contributed by atoms with Gasteiger partial charge in [0.05, 0.1) is 10.2 Å². The number of ether oxygens (including phenoxy) is 1. The highest BCUT2D eigenvalue weighted by molar-refractivity contribution is 7.20. The highest BCUT2D eigenvalue weighted by Gasteiger charge is 2.32. The van der Waals surface area contributed by atoms with E-state index < -0.39 is 0 Å². The van der Waals surface area contributed by atoms with Crippen molar-refractivity contribution in [2.24, 2.45) is 5.92 Å². The zero-order valence-corrected chi connectivity index (χ0v) is 15.2. The standard InChI is InChI=1S/C19H24N2O2S/c1-12-6-7-13(2)17-16(12)20-19(24-17)23-15-8-10-21(11-9-15)18(22)14-4-3-5-14/h6-7,14-15H,3-5,8-11H2,1-2H3.